The second kappa shape index (κ2) is 7.83. The fourth-order valence-corrected chi connectivity index (χ4v) is 4.26. The SMILES string of the molecule is CCOC(=O)c1c(S(=O)(=O)Nc2ccc(C(=O)OC)cc2)c(C)n(C)c1C. The van der Waals surface area contributed by atoms with E-state index in [-0.39, 0.29) is 22.8 Å². The molecule has 0 aliphatic heterocycles. The number of hydrogen-bond acceptors (Lipinski definition) is 6. The molecular weight excluding hydrogens is 372 g/mol. The molecule has 1 heterocycles. The summed E-state index contributed by atoms with van der Waals surface area (Å²) in [5.41, 5.74) is 1.45. The number of rotatable bonds is 6. The lowest BCUT2D eigenvalue weighted by atomic mass is 10.2. The number of ether oxygens (including phenoxy) is 2. The van der Waals surface area contributed by atoms with Gasteiger partial charge in [-0.25, -0.2) is 18.0 Å². The number of methoxy groups -OCH3 is 1. The maximum atomic E-state index is 13.0. The van der Waals surface area contributed by atoms with Gasteiger partial charge in [-0.2, -0.15) is 0 Å². The molecule has 1 aromatic heterocycles. The molecule has 146 valence electrons. The Morgan fingerprint density at radius 3 is 2.19 bits per heavy atom. The third-order valence-electron chi connectivity index (χ3n) is 4.23. The second-order valence-electron chi connectivity index (χ2n) is 5.83. The first kappa shape index (κ1) is 20.5. The highest BCUT2D eigenvalue weighted by Gasteiger charge is 2.31. The van der Waals surface area contributed by atoms with Crippen molar-refractivity contribution in [2.24, 2.45) is 7.05 Å². The van der Waals surface area contributed by atoms with E-state index in [9.17, 15) is 18.0 Å². The Kier molecular flexibility index (Phi) is 5.94. The predicted molar refractivity (Wildman–Crippen MR) is 99.4 cm³/mol. The number of hydrogen-bond donors (Lipinski definition) is 1. The molecule has 1 N–H and O–H groups in total. The first-order valence-electron chi connectivity index (χ1n) is 8.18. The van der Waals surface area contributed by atoms with E-state index in [0.29, 0.717) is 17.0 Å². The molecule has 0 saturated carbocycles. The van der Waals surface area contributed by atoms with Crippen molar-refractivity contribution in [3.8, 4) is 0 Å². The minimum absolute atomic E-state index is 0.00975. The fourth-order valence-electron chi connectivity index (χ4n) is 2.69. The monoisotopic (exact) mass is 394 g/mol. The van der Waals surface area contributed by atoms with Crippen molar-refractivity contribution in [1.29, 1.82) is 0 Å². The predicted octanol–water partition coefficient (Wildman–Crippen LogP) is 2.41. The molecular formula is C18H22N2O6S. The fraction of sp³-hybridized carbons (Fsp3) is 0.333. The van der Waals surface area contributed by atoms with Crippen molar-refractivity contribution < 1.29 is 27.5 Å². The van der Waals surface area contributed by atoms with E-state index >= 15 is 0 Å². The van der Waals surface area contributed by atoms with E-state index in [4.69, 9.17) is 4.74 Å². The van der Waals surface area contributed by atoms with E-state index < -0.39 is 22.0 Å². The smallest absolute Gasteiger partial charge is 0.341 e. The molecule has 0 aliphatic rings. The lowest BCUT2D eigenvalue weighted by Gasteiger charge is -2.11. The molecule has 1 aromatic carbocycles. The summed E-state index contributed by atoms with van der Waals surface area (Å²) in [6, 6.07) is 5.77. The van der Waals surface area contributed by atoms with Gasteiger partial charge in [0.05, 0.1) is 19.3 Å². The Bertz CT molecular complexity index is 974. The summed E-state index contributed by atoms with van der Waals surface area (Å²) in [7, 11) is -1.13. The van der Waals surface area contributed by atoms with Gasteiger partial charge in [0, 0.05) is 24.1 Å². The van der Waals surface area contributed by atoms with Gasteiger partial charge < -0.3 is 14.0 Å². The number of carbonyl (C=O) groups excluding carboxylic acids is 2. The molecule has 2 rings (SSSR count). The van der Waals surface area contributed by atoms with Gasteiger partial charge in [0.1, 0.15) is 10.5 Å². The van der Waals surface area contributed by atoms with Gasteiger partial charge in [-0.15, -0.1) is 0 Å². The van der Waals surface area contributed by atoms with Gasteiger partial charge in [-0.05, 0) is 45.0 Å². The molecule has 0 aliphatic carbocycles. The molecule has 0 atom stereocenters. The van der Waals surface area contributed by atoms with Gasteiger partial charge in [0.2, 0.25) is 0 Å². The van der Waals surface area contributed by atoms with Crippen molar-refractivity contribution in [3.05, 3.63) is 46.8 Å². The second-order valence-corrected chi connectivity index (χ2v) is 7.45. The van der Waals surface area contributed by atoms with Crippen LogP contribution in [0.2, 0.25) is 0 Å². The average Bonchev–Trinajstić information content (AvgIpc) is 2.86. The van der Waals surface area contributed by atoms with Crippen LogP contribution in [-0.2, 0) is 26.5 Å². The molecule has 0 radical (unpaired) electrons. The van der Waals surface area contributed by atoms with E-state index in [0.717, 1.165) is 0 Å². The average molecular weight is 394 g/mol. The third-order valence-corrected chi connectivity index (χ3v) is 5.77. The van der Waals surface area contributed by atoms with Crippen LogP contribution >= 0.6 is 0 Å². The third kappa shape index (κ3) is 3.97. The number of carbonyl (C=O) groups is 2. The number of nitrogens with one attached hydrogen (secondary N) is 1. The molecule has 0 fully saturated rings. The normalized spacial score (nSPS) is 11.1. The maximum Gasteiger partial charge on any atom is 0.341 e. The van der Waals surface area contributed by atoms with Crippen molar-refractivity contribution in [2.45, 2.75) is 25.7 Å². The number of sulfonamides is 1. The minimum Gasteiger partial charge on any atom is -0.465 e. The van der Waals surface area contributed by atoms with Crippen molar-refractivity contribution in [3.63, 3.8) is 0 Å². The standard InChI is InChI=1S/C18H22N2O6S/c1-6-26-18(22)15-11(2)20(4)12(3)16(15)27(23,24)19-14-9-7-13(8-10-14)17(21)25-5/h7-10,19H,6H2,1-5H3. The van der Waals surface area contributed by atoms with Crippen molar-refractivity contribution in [1.82, 2.24) is 4.57 Å². The molecule has 27 heavy (non-hydrogen) atoms. The molecule has 0 unspecified atom stereocenters. The lowest BCUT2D eigenvalue weighted by molar-refractivity contribution is 0.0520. The van der Waals surface area contributed by atoms with E-state index in [2.05, 4.69) is 9.46 Å². The highest BCUT2D eigenvalue weighted by atomic mass is 32.2. The molecule has 0 spiro atoms. The van der Waals surface area contributed by atoms with Crippen molar-refractivity contribution >= 4 is 27.6 Å². The zero-order chi connectivity index (χ0) is 20.4. The van der Waals surface area contributed by atoms with Gasteiger partial charge >= 0.3 is 11.9 Å². The first-order valence-corrected chi connectivity index (χ1v) is 9.66. The zero-order valence-corrected chi connectivity index (χ0v) is 16.6. The summed E-state index contributed by atoms with van der Waals surface area (Å²) in [5, 5.41) is 0. The Morgan fingerprint density at radius 2 is 1.67 bits per heavy atom. The summed E-state index contributed by atoms with van der Waals surface area (Å²) >= 11 is 0. The number of anilines is 1. The summed E-state index contributed by atoms with van der Waals surface area (Å²) in [6.45, 7) is 5.06. The first-order chi connectivity index (χ1) is 12.6. The van der Waals surface area contributed by atoms with Gasteiger partial charge in [0.15, 0.2) is 0 Å². The van der Waals surface area contributed by atoms with Crippen LogP contribution in [0, 0.1) is 13.8 Å². The molecule has 0 amide bonds. The van der Waals surface area contributed by atoms with Crippen LogP contribution in [0.4, 0.5) is 5.69 Å². The van der Waals surface area contributed by atoms with Crippen molar-refractivity contribution in [2.75, 3.05) is 18.4 Å². The lowest BCUT2D eigenvalue weighted by Crippen LogP contribution is -2.18. The van der Waals surface area contributed by atoms with Gasteiger partial charge in [-0.3, -0.25) is 4.72 Å². The quantitative estimate of drug-likeness (QED) is 0.755. The number of aromatic nitrogens is 1. The Labute approximate surface area is 158 Å². The highest BCUT2D eigenvalue weighted by Crippen LogP contribution is 2.28. The molecule has 0 bridgehead atoms. The Hall–Kier alpha value is -2.81. The van der Waals surface area contributed by atoms with Crippen LogP contribution in [0.5, 0.6) is 0 Å². The van der Waals surface area contributed by atoms with Crippen LogP contribution in [0.3, 0.4) is 0 Å². The molecule has 0 saturated heterocycles. The Balaban J connectivity index is 2.46. The van der Waals surface area contributed by atoms with E-state index in [1.807, 2.05) is 0 Å². The number of benzene rings is 1. The molecule has 9 heteroatoms. The van der Waals surface area contributed by atoms with Crippen LogP contribution in [0.25, 0.3) is 0 Å². The Morgan fingerprint density at radius 1 is 1.07 bits per heavy atom. The van der Waals surface area contributed by atoms with Crippen LogP contribution in [0.1, 0.15) is 39.0 Å². The topological polar surface area (TPSA) is 104 Å². The van der Waals surface area contributed by atoms with Gasteiger partial charge in [-0.1, -0.05) is 0 Å². The minimum atomic E-state index is -4.07. The van der Waals surface area contributed by atoms with Crippen LogP contribution < -0.4 is 4.72 Å². The zero-order valence-electron chi connectivity index (χ0n) is 15.8. The van der Waals surface area contributed by atoms with E-state index in [1.54, 1.807) is 32.4 Å². The molecule has 8 nitrogen and oxygen atoms in total. The summed E-state index contributed by atoms with van der Waals surface area (Å²) in [5.74, 6) is -1.22. The number of nitrogens with zero attached hydrogens (tertiary/aromatic N) is 1. The van der Waals surface area contributed by atoms with Crippen LogP contribution in [-0.4, -0.2) is 38.6 Å². The van der Waals surface area contributed by atoms with Crippen LogP contribution in [0.15, 0.2) is 29.2 Å². The highest BCUT2D eigenvalue weighted by molar-refractivity contribution is 7.92. The summed E-state index contributed by atoms with van der Waals surface area (Å²) in [4.78, 5) is 23.7. The summed E-state index contributed by atoms with van der Waals surface area (Å²) in [6.07, 6.45) is 0. The summed E-state index contributed by atoms with van der Waals surface area (Å²) < 4.78 is 39.6. The van der Waals surface area contributed by atoms with Gasteiger partial charge in [0.25, 0.3) is 10.0 Å². The molecule has 2 aromatic rings. The number of esters is 2. The maximum absolute atomic E-state index is 13.0. The van der Waals surface area contributed by atoms with E-state index in [1.165, 1.54) is 31.4 Å². The largest absolute Gasteiger partial charge is 0.465 e.